The van der Waals surface area contributed by atoms with Crippen LogP contribution < -0.4 is 0 Å². The van der Waals surface area contributed by atoms with Gasteiger partial charge < -0.3 is 0 Å². The minimum absolute atomic E-state index is 0.1000. The first-order valence-electron chi connectivity index (χ1n) is 9.71. The fourth-order valence-electron chi connectivity index (χ4n) is 5.38. The number of thioether (sulfide) groups is 1. The van der Waals surface area contributed by atoms with E-state index in [-0.39, 0.29) is 5.24 Å². The molecule has 0 saturated heterocycles. The number of rotatable bonds is 3. The molecule has 0 aliphatic heterocycles. The molecule has 1 fully saturated rings. The van der Waals surface area contributed by atoms with E-state index in [1.807, 2.05) is 0 Å². The van der Waals surface area contributed by atoms with Crippen molar-refractivity contribution in [2.45, 2.75) is 65.6 Å². The number of hydrogen-bond acceptors (Lipinski definition) is 3. The van der Waals surface area contributed by atoms with Gasteiger partial charge in [0.15, 0.2) is 0 Å². The topological polar surface area (TPSA) is 34.9 Å². The molecule has 0 N–H and O–H groups in total. The SMILES string of the molecule is CC(C)C1CC=C2C[C@@H](SC(=O)n3ccnc3)CC[C@]2(C)C1C(C)C. The van der Waals surface area contributed by atoms with Crippen molar-refractivity contribution in [2.24, 2.45) is 29.1 Å². The Labute approximate surface area is 156 Å². The second-order valence-electron chi connectivity index (χ2n) is 8.78. The number of hydrogen-bond donors (Lipinski definition) is 0. The van der Waals surface area contributed by atoms with Crippen molar-refractivity contribution in [2.75, 3.05) is 0 Å². The Morgan fingerprint density at radius 1 is 1.32 bits per heavy atom. The van der Waals surface area contributed by atoms with Gasteiger partial charge in [0.25, 0.3) is 5.24 Å². The van der Waals surface area contributed by atoms with Crippen LogP contribution in [0, 0.1) is 29.1 Å². The van der Waals surface area contributed by atoms with Crippen molar-refractivity contribution in [3.05, 3.63) is 30.4 Å². The Kier molecular flexibility index (Phi) is 5.48. The molecule has 2 aliphatic rings. The predicted octanol–water partition coefficient (Wildman–Crippen LogP) is 6.02. The molecule has 3 rings (SSSR count). The number of carbonyl (C=O) groups is 1. The Hall–Kier alpha value is -1.03. The fraction of sp³-hybridized carbons (Fsp3) is 0.714. The molecule has 0 spiro atoms. The first kappa shape index (κ1) is 18.8. The van der Waals surface area contributed by atoms with E-state index in [1.54, 1.807) is 28.9 Å². The Morgan fingerprint density at radius 3 is 2.68 bits per heavy atom. The summed E-state index contributed by atoms with van der Waals surface area (Å²) in [6.45, 7) is 12.1. The van der Waals surface area contributed by atoms with E-state index in [2.05, 4.69) is 45.7 Å². The molecule has 138 valence electrons. The van der Waals surface area contributed by atoms with Crippen LogP contribution in [0.4, 0.5) is 4.79 Å². The summed E-state index contributed by atoms with van der Waals surface area (Å²) in [5, 5.41) is 0.501. The van der Waals surface area contributed by atoms with Crippen molar-refractivity contribution < 1.29 is 4.79 Å². The van der Waals surface area contributed by atoms with E-state index in [0.717, 1.165) is 30.6 Å². The molecule has 0 aromatic carbocycles. The standard InChI is InChI=1S/C21H32N2OS/c1-14(2)18-7-6-16-12-17(25-20(24)23-11-10-22-13-23)8-9-21(16,5)19(18)15(3)4/h6,10-11,13-15,17-19H,7-9,12H2,1-5H3/t17-,18?,19?,21-/m0/s1. The maximum Gasteiger partial charge on any atom is 0.291 e. The van der Waals surface area contributed by atoms with Crippen molar-refractivity contribution in [1.29, 1.82) is 0 Å². The first-order chi connectivity index (χ1) is 11.8. The van der Waals surface area contributed by atoms with E-state index in [4.69, 9.17) is 0 Å². The number of allylic oxidation sites excluding steroid dienone is 2. The highest BCUT2D eigenvalue weighted by Gasteiger charge is 2.48. The van der Waals surface area contributed by atoms with Gasteiger partial charge in [-0.05, 0) is 54.8 Å². The Bertz CT molecular complexity index is 634. The van der Waals surface area contributed by atoms with Gasteiger partial charge in [-0.1, -0.05) is 58.0 Å². The second kappa shape index (κ2) is 7.30. The average molecular weight is 361 g/mol. The minimum atomic E-state index is 0.1000. The first-order valence-corrected chi connectivity index (χ1v) is 10.6. The monoisotopic (exact) mass is 360 g/mol. The van der Waals surface area contributed by atoms with Gasteiger partial charge in [0, 0.05) is 17.6 Å². The lowest BCUT2D eigenvalue weighted by Gasteiger charge is -2.53. The Morgan fingerprint density at radius 2 is 2.08 bits per heavy atom. The number of nitrogens with zero attached hydrogens (tertiary/aromatic N) is 2. The predicted molar refractivity (Wildman–Crippen MR) is 106 cm³/mol. The summed E-state index contributed by atoms with van der Waals surface area (Å²) in [7, 11) is 0. The van der Waals surface area contributed by atoms with Gasteiger partial charge in [0.2, 0.25) is 0 Å². The molecule has 0 amide bonds. The van der Waals surface area contributed by atoms with Crippen molar-refractivity contribution in [3.8, 4) is 0 Å². The van der Waals surface area contributed by atoms with E-state index in [9.17, 15) is 4.79 Å². The maximum absolute atomic E-state index is 12.4. The Balaban J connectivity index is 1.76. The molecule has 25 heavy (non-hydrogen) atoms. The second-order valence-corrected chi connectivity index (χ2v) is 10.0. The quantitative estimate of drug-likeness (QED) is 0.618. The average Bonchev–Trinajstić information content (AvgIpc) is 3.08. The zero-order valence-corrected chi connectivity index (χ0v) is 17.1. The number of aromatic nitrogens is 2. The molecule has 1 saturated carbocycles. The molecule has 1 aromatic heterocycles. The van der Waals surface area contributed by atoms with Gasteiger partial charge in [-0.25, -0.2) is 4.98 Å². The summed E-state index contributed by atoms with van der Waals surface area (Å²) in [4.78, 5) is 16.4. The molecular weight excluding hydrogens is 328 g/mol. The van der Waals surface area contributed by atoms with Crippen LogP contribution >= 0.6 is 11.8 Å². The van der Waals surface area contributed by atoms with Gasteiger partial charge in [-0.15, -0.1) is 0 Å². The zero-order valence-electron chi connectivity index (χ0n) is 16.2. The molecule has 3 nitrogen and oxygen atoms in total. The van der Waals surface area contributed by atoms with Crippen LogP contribution in [0.3, 0.4) is 0 Å². The molecule has 2 aliphatic carbocycles. The third kappa shape index (κ3) is 3.60. The summed E-state index contributed by atoms with van der Waals surface area (Å²) >= 11 is 1.49. The third-order valence-corrected chi connectivity index (χ3v) is 7.71. The number of carbonyl (C=O) groups excluding carboxylic acids is 1. The fourth-order valence-corrected chi connectivity index (χ4v) is 6.40. The van der Waals surface area contributed by atoms with E-state index < -0.39 is 0 Å². The summed E-state index contributed by atoms with van der Waals surface area (Å²) in [5.74, 6) is 2.98. The van der Waals surface area contributed by atoms with Gasteiger partial charge in [0.1, 0.15) is 6.33 Å². The van der Waals surface area contributed by atoms with Gasteiger partial charge >= 0.3 is 0 Å². The lowest BCUT2D eigenvalue weighted by atomic mass is 9.52. The maximum atomic E-state index is 12.4. The summed E-state index contributed by atoms with van der Waals surface area (Å²) in [6, 6.07) is 0. The lowest BCUT2D eigenvalue weighted by Crippen LogP contribution is -2.45. The highest BCUT2D eigenvalue weighted by Crippen LogP contribution is 2.57. The van der Waals surface area contributed by atoms with Crippen molar-refractivity contribution in [3.63, 3.8) is 0 Å². The van der Waals surface area contributed by atoms with Crippen LogP contribution in [-0.4, -0.2) is 20.0 Å². The van der Waals surface area contributed by atoms with Crippen LogP contribution in [0.25, 0.3) is 0 Å². The van der Waals surface area contributed by atoms with Gasteiger partial charge in [-0.2, -0.15) is 0 Å². The van der Waals surface area contributed by atoms with Crippen LogP contribution in [0.5, 0.6) is 0 Å². The van der Waals surface area contributed by atoms with Crippen molar-refractivity contribution >= 4 is 17.0 Å². The third-order valence-electron chi connectivity index (χ3n) is 6.56. The van der Waals surface area contributed by atoms with Crippen LogP contribution in [0.1, 0.15) is 60.3 Å². The van der Waals surface area contributed by atoms with Crippen LogP contribution in [0.2, 0.25) is 0 Å². The van der Waals surface area contributed by atoms with Gasteiger partial charge in [-0.3, -0.25) is 9.36 Å². The highest BCUT2D eigenvalue weighted by molar-refractivity contribution is 8.14. The number of imidazole rings is 1. The molecular formula is C21H32N2OS. The molecule has 1 heterocycles. The van der Waals surface area contributed by atoms with Gasteiger partial charge in [0.05, 0.1) is 0 Å². The molecule has 2 unspecified atom stereocenters. The summed E-state index contributed by atoms with van der Waals surface area (Å²) < 4.78 is 1.60. The van der Waals surface area contributed by atoms with E-state index >= 15 is 0 Å². The minimum Gasteiger partial charge on any atom is -0.267 e. The normalized spacial score (nSPS) is 32.6. The summed E-state index contributed by atoms with van der Waals surface area (Å²) in [5.41, 5.74) is 1.93. The molecule has 4 atom stereocenters. The number of fused-ring (bicyclic) bond motifs is 1. The molecule has 1 aromatic rings. The largest absolute Gasteiger partial charge is 0.291 e. The highest BCUT2D eigenvalue weighted by atomic mass is 32.2. The van der Waals surface area contributed by atoms with Crippen LogP contribution in [0.15, 0.2) is 30.4 Å². The van der Waals surface area contributed by atoms with E-state index in [0.29, 0.717) is 16.6 Å². The lowest BCUT2D eigenvalue weighted by molar-refractivity contribution is 0.0455. The smallest absolute Gasteiger partial charge is 0.267 e. The molecule has 0 bridgehead atoms. The molecule has 4 heteroatoms. The molecule has 0 radical (unpaired) electrons. The van der Waals surface area contributed by atoms with Crippen molar-refractivity contribution in [1.82, 2.24) is 9.55 Å². The van der Waals surface area contributed by atoms with E-state index in [1.165, 1.54) is 24.6 Å². The van der Waals surface area contributed by atoms with Crippen LogP contribution in [-0.2, 0) is 0 Å². The summed E-state index contributed by atoms with van der Waals surface area (Å²) in [6.07, 6.45) is 12.1. The zero-order chi connectivity index (χ0) is 18.2.